The highest BCUT2D eigenvalue weighted by molar-refractivity contribution is 7.89. The van der Waals surface area contributed by atoms with E-state index in [0.29, 0.717) is 6.42 Å². The summed E-state index contributed by atoms with van der Waals surface area (Å²) in [6.45, 7) is 2.02. The van der Waals surface area contributed by atoms with E-state index < -0.39 is 41.7 Å². The summed E-state index contributed by atoms with van der Waals surface area (Å²) in [6.07, 6.45) is 1.36. The molecule has 0 saturated heterocycles. The highest BCUT2D eigenvalue weighted by atomic mass is 35.5. The average molecular weight is 459 g/mol. The van der Waals surface area contributed by atoms with E-state index in [2.05, 4.69) is 4.72 Å². The van der Waals surface area contributed by atoms with Crippen LogP contribution in [0.1, 0.15) is 19.8 Å². The van der Waals surface area contributed by atoms with Gasteiger partial charge in [0.25, 0.3) is 0 Å². The molecule has 0 bridgehead atoms. The summed E-state index contributed by atoms with van der Waals surface area (Å²) in [5.74, 6) is -0.808. The van der Waals surface area contributed by atoms with Gasteiger partial charge in [-0.15, -0.1) is 0 Å². The summed E-state index contributed by atoms with van der Waals surface area (Å²) in [4.78, 5) is 12.0. The predicted molar refractivity (Wildman–Crippen MR) is 103 cm³/mol. The SMILES string of the molecule is CCCCOC1(NS(=O)(=O)c2ccccc2)C(Cl)=C(Cl)C(=O)C(Cl)=C1Cl. The number of nitrogens with one attached hydrogen (secondary N) is 1. The van der Waals surface area contributed by atoms with Crippen LogP contribution in [0.5, 0.6) is 0 Å². The summed E-state index contributed by atoms with van der Waals surface area (Å²) in [7, 11) is -4.13. The molecule has 0 atom stereocenters. The summed E-state index contributed by atoms with van der Waals surface area (Å²) in [6, 6.07) is 7.54. The number of ether oxygens (including phenoxy) is 1. The molecule has 2 rings (SSSR count). The lowest BCUT2D eigenvalue weighted by atomic mass is 10.1. The van der Waals surface area contributed by atoms with Crippen LogP contribution in [0.25, 0.3) is 0 Å². The van der Waals surface area contributed by atoms with Crippen LogP contribution in [0.15, 0.2) is 55.4 Å². The van der Waals surface area contributed by atoms with Crippen molar-refractivity contribution in [3.63, 3.8) is 0 Å². The standard InChI is InChI=1S/C16H15Cl4NO4S/c1-2-3-9-25-16(14(19)11(17)13(22)12(18)15(16)20)21-26(23,24)10-7-5-4-6-8-10/h4-8,21H,2-3,9H2,1H3. The zero-order valence-electron chi connectivity index (χ0n) is 13.6. The Morgan fingerprint density at radius 2 is 1.58 bits per heavy atom. The largest absolute Gasteiger partial charge is 0.349 e. The molecule has 0 spiro atoms. The van der Waals surface area contributed by atoms with Crippen LogP contribution in [0.3, 0.4) is 0 Å². The molecule has 0 aliphatic heterocycles. The fraction of sp³-hybridized carbons (Fsp3) is 0.312. The van der Waals surface area contributed by atoms with Crippen LogP contribution in [-0.2, 0) is 19.6 Å². The van der Waals surface area contributed by atoms with Gasteiger partial charge in [-0.05, 0) is 18.6 Å². The van der Waals surface area contributed by atoms with E-state index in [4.69, 9.17) is 51.1 Å². The molecule has 0 amide bonds. The lowest BCUT2D eigenvalue weighted by Gasteiger charge is -2.36. The zero-order chi connectivity index (χ0) is 19.5. The second-order valence-electron chi connectivity index (χ2n) is 5.39. The number of hydrogen-bond acceptors (Lipinski definition) is 4. The van der Waals surface area contributed by atoms with Gasteiger partial charge in [-0.25, -0.2) is 8.42 Å². The molecule has 1 aliphatic carbocycles. The van der Waals surface area contributed by atoms with E-state index in [1.807, 2.05) is 6.92 Å². The molecule has 26 heavy (non-hydrogen) atoms. The molecule has 0 unspecified atom stereocenters. The van der Waals surface area contributed by atoms with Gasteiger partial charge in [-0.1, -0.05) is 77.9 Å². The number of benzene rings is 1. The number of allylic oxidation sites excluding steroid dienone is 2. The van der Waals surface area contributed by atoms with E-state index in [1.54, 1.807) is 18.2 Å². The van der Waals surface area contributed by atoms with Gasteiger partial charge in [-0.3, -0.25) is 4.79 Å². The van der Waals surface area contributed by atoms with E-state index in [-0.39, 0.29) is 11.5 Å². The Kier molecular flexibility index (Phi) is 7.18. The Labute approximate surface area is 171 Å². The van der Waals surface area contributed by atoms with Gasteiger partial charge in [0, 0.05) is 6.61 Å². The molecule has 1 N–H and O–H groups in total. The topological polar surface area (TPSA) is 72.5 Å². The number of rotatable bonds is 7. The predicted octanol–water partition coefficient (Wildman–Crippen LogP) is 4.44. The third kappa shape index (κ3) is 4.12. The number of carbonyl (C=O) groups is 1. The number of sulfonamides is 1. The first kappa shape index (κ1) is 21.7. The van der Waals surface area contributed by atoms with Gasteiger partial charge < -0.3 is 4.74 Å². The monoisotopic (exact) mass is 457 g/mol. The van der Waals surface area contributed by atoms with Crippen molar-refractivity contribution in [2.75, 3.05) is 6.61 Å². The minimum absolute atomic E-state index is 0.0449. The van der Waals surface area contributed by atoms with Crippen molar-refractivity contribution < 1.29 is 17.9 Å². The van der Waals surface area contributed by atoms with Gasteiger partial charge in [0.15, 0.2) is 0 Å². The molecule has 0 fully saturated rings. The van der Waals surface area contributed by atoms with Crippen LogP contribution in [-0.4, -0.2) is 26.5 Å². The second-order valence-corrected chi connectivity index (χ2v) is 8.58. The molecule has 142 valence electrons. The maximum Gasteiger partial charge on any atom is 0.243 e. The number of hydrogen-bond donors (Lipinski definition) is 1. The van der Waals surface area contributed by atoms with Crippen LogP contribution in [0, 0.1) is 0 Å². The summed E-state index contributed by atoms with van der Waals surface area (Å²) in [5.41, 5.74) is -2.07. The zero-order valence-corrected chi connectivity index (χ0v) is 17.4. The number of Topliss-reactive ketones (excluding diaryl/α,β-unsaturated/α-hetero) is 1. The third-order valence-corrected chi connectivity index (χ3v) is 6.82. The molecule has 1 aromatic carbocycles. The van der Waals surface area contributed by atoms with Crippen molar-refractivity contribution in [2.45, 2.75) is 30.4 Å². The smallest absolute Gasteiger partial charge is 0.243 e. The van der Waals surface area contributed by atoms with Gasteiger partial charge in [0.1, 0.15) is 10.1 Å². The molecule has 5 nitrogen and oxygen atoms in total. The normalized spacial score (nSPS) is 17.8. The highest BCUT2D eigenvalue weighted by Gasteiger charge is 2.50. The second kappa shape index (κ2) is 8.61. The Morgan fingerprint density at radius 3 is 2.08 bits per heavy atom. The summed E-state index contributed by atoms with van der Waals surface area (Å²) < 4.78 is 33.6. The first-order valence-corrected chi connectivity index (χ1v) is 10.6. The fourth-order valence-corrected chi connectivity index (χ4v) is 4.67. The number of unbranched alkanes of at least 4 members (excludes halogenated alkanes) is 1. The molecular weight excluding hydrogens is 444 g/mol. The van der Waals surface area contributed by atoms with Gasteiger partial charge >= 0.3 is 0 Å². The molecule has 0 saturated carbocycles. The van der Waals surface area contributed by atoms with Gasteiger partial charge in [0.05, 0.1) is 15.0 Å². The lowest BCUT2D eigenvalue weighted by Crippen LogP contribution is -2.53. The maximum absolute atomic E-state index is 12.8. The van der Waals surface area contributed by atoms with E-state index >= 15 is 0 Å². The van der Waals surface area contributed by atoms with Crippen molar-refractivity contribution in [3.8, 4) is 0 Å². The average Bonchev–Trinajstić information content (AvgIpc) is 2.64. The molecule has 0 aromatic heterocycles. The quantitative estimate of drug-likeness (QED) is 0.484. The van der Waals surface area contributed by atoms with Crippen LogP contribution >= 0.6 is 46.4 Å². The van der Waals surface area contributed by atoms with E-state index in [0.717, 1.165) is 6.42 Å². The first-order valence-electron chi connectivity index (χ1n) is 7.56. The van der Waals surface area contributed by atoms with Gasteiger partial charge in [0.2, 0.25) is 21.5 Å². The molecular formula is C16H15Cl4NO4S. The fourth-order valence-electron chi connectivity index (χ4n) is 2.16. The van der Waals surface area contributed by atoms with Crippen molar-refractivity contribution in [2.24, 2.45) is 0 Å². The summed E-state index contributed by atoms with van der Waals surface area (Å²) in [5, 5.41) is -1.72. The van der Waals surface area contributed by atoms with Crippen molar-refractivity contribution >= 4 is 62.2 Å². The van der Waals surface area contributed by atoms with Crippen molar-refractivity contribution in [3.05, 3.63) is 50.5 Å². The van der Waals surface area contributed by atoms with Gasteiger partial charge in [-0.2, -0.15) is 4.72 Å². The number of halogens is 4. The van der Waals surface area contributed by atoms with E-state index in [9.17, 15) is 13.2 Å². The Balaban J connectivity index is 2.58. The Bertz CT molecular complexity index is 837. The number of carbonyl (C=O) groups excluding carboxylic acids is 1. The molecule has 0 heterocycles. The van der Waals surface area contributed by atoms with Crippen molar-refractivity contribution in [1.82, 2.24) is 4.72 Å². The minimum Gasteiger partial charge on any atom is -0.349 e. The third-order valence-electron chi connectivity index (χ3n) is 3.55. The van der Waals surface area contributed by atoms with Crippen LogP contribution < -0.4 is 4.72 Å². The van der Waals surface area contributed by atoms with Crippen LogP contribution in [0.2, 0.25) is 0 Å². The minimum atomic E-state index is -4.13. The van der Waals surface area contributed by atoms with Crippen LogP contribution in [0.4, 0.5) is 0 Å². The first-order chi connectivity index (χ1) is 12.2. The molecule has 1 aliphatic rings. The highest BCUT2D eigenvalue weighted by Crippen LogP contribution is 2.44. The number of ketones is 1. The maximum atomic E-state index is 12.8. The molecule has 1 aromatic rings. The molecule has 0 radical (unpaired) electrons. The summed E-state index contributed by atoms with van der Waals surface area (Å²) >= 11 is 24.3. The Hall–Kier alpha value is -0.600. The van der Waals surface area contributed by atoms with E-state index in [1.165, 1.54) is 12.1 Å². The van der Waals surface area contributed by atoms with Crippen molar-refractivity contribution in [1.29, 1.82) is 0 Å². The Morgan fingerprint density at radius 1 is 1.04 bits per heavy atom. The molecule has 10 heteroatoms. The lowest BCUT2D eigenvalue weighted by molar-refractivity contribution is -0.111.